The quantitative estimate of drug-likeness (QED) is 0.794. The molecule has 3 heteroatoms. The molecule has 0 aliphatic heterocycles. The third kappa shape index (κ3) is 4.94. The zero-order valence-electron chi connectivity index (χ0n) is 11.7. The molecule has 1 aromatic rings. The Morgan fingerprint density at radius 2 is 1.95 bits per heavy atom. The number of hydrogen-bond acceptors (Lipinski definition) is 3. The molecule has 2 rings (SSSR count). The number of aliphatic hydroxyl groups excluding tert-OH is 1. The van der Waals surface area contributed by atoms with Crippen molar-refractivity contribution in [2.45, 2.75) is 50.9 Å². The van der Waals surface area contributed by atoms with Gasteiger partial charge in [0.2, 0.25) is 0 Å². The molecular weight excluding hydrogens is 238 g/mol. The summed E-state index contributed by atoms with van der Waals surface area (Å²) in [5.41, 5.74) is 1.24. The summed E-state index contributed by atoms with van der Waals surface area (Å²) < 4.78 is 5.71. The number of hydrogen-bond donors (Lipinski definition) is 2. The number of ether oxygens (including phenoxy) is 1. The Hall–Kier alpha value is -0.900. The molecule has 1 aliphatic carbocycles. The summed E-state index contributed by atoms with van der Waals surface area (Å²) in [5, 5.41) is 13.3. The van der Waals surface area contributed by atoms with Crippen LogP contribution in [0.5, 0.6) is 0 Å². The maximum absolute atomic E-state index is 9.92. The van der Waals surface area contributed by atoms with Crippen LogP contribution in [0.4, 0.5) is 0 Å². The molecule has 106 valence electrons. The molecule has 0 heterocycles. The molecule has 2 N–H and O–H groups in total. The van der Waals surface area contributed by atoms with Gasteiger partial charge in [-0.15, -0.1) is 0 Å². The van der Waals surface area contributed by atoms with Gasteiger partial charge in [-0.1, -0.05) is 43.2 Å². The van der Waals surface area contributed by atoms with E-state index in [1.165, 1.54) is 18.4 Å². The Morgan fingerprint density at radius 3 is 2.63 bits per heavy atom. The van der Waals surface area contributed by atoms with Crippen LogP contribution in [0.15, 0.2) is 30.3 Å². The fourth-order valence-corrected chi connectivity index (χ4v) is 2.53. The van der Waals surface area contributed by atoms with Gasteiger partial charge in [-0.2, -0.15) is 0 Å². The van der Waals surface area contributed by atoms with Gasteiger partial charge in [0.25, 0.3) is 0 Å². The fourth-order valence-electron chi connectivity index (χ4n) is 2.53. The zero-order chi connectivity index (χ0) is 13.5. The summed E-state index contributed by atoms with van der Waals surface area (Å²) in [6.45, 7) is 3.13. The highest BCUT2D eigenvalue weighted by molar-refractivity contribution is 5.17. The average molecular weight is 263 g/mol. The van der Waals surface area contributed by atoms with E-state index in [4.69, 9.17) is 4.74 Å². The SMILES string of the molecule is CC(NCC(O)COC1CCCC1)c1ccccc1. The summed E-state index contributed by atoms with van der Waals surface area (Å²) in [5.74, 6) is 0. The van der Waals surface area contributed by atoms with Gasteiger partial charge in [0, 0.05) is 12.6 Å². The predicted molar refractivity (Wildman–Crippen MR) is 77.1 cm³/mol. The summed E-state index contributed by atoms with van der Waals surface area (Å²) in [6, 6.07) is 10.5. The largest absolute Gasteiger partial charge is 0.389 e. The molecule has 1 fully saturated rings. The van der Waals surface area contributed by atoms with Crippen molar-refractivity contribution in [2.75, 3.05) is 13.2 Å². The number of benzene rings is 1. The van der Waals surface area contributed by atoms with Crippen molar-refractivity contribution < 1.29 is 9.84 Å². The molecule has 0 bridgehead atoms. The normalized spacial score (nSPS) is 19.5. The van der Waals surface area contributed by atoms with Crippen LogP contribution in [-0.2, 0) is 4.74 Å². The van der Waals surface area contributed by atoms with Crippen LogP contribution in [0.3, 0.4) is 0 Å². The van der Waals surface area contributed by atoms with Gasteiger partial charge in [0.1, 0.15) is 0 Å². The van der Waals surface area contributed by atoms with Crippen LogP contribution in [0.25, 0.3) is 0 Å². The Balaban J connectivity index is 1.64. The highest BCUT2D eigenvalue weighted by Crippen LogP contribution is 2.20. The first-order chi connectivity index (χ1) is 9.25. The first kappa shape index (κ1) is 14.5. The number of rotatable bonds is 7. The molecule has 19 heavy (non-hydrogen) atoms. The lowest BCUT2D eigenvalue weighted by atomic mass is 10.1. The Labute approximate surface area is 116 Å². The van der Waals surface area contributed by atoms with Gasteiger partial charge in [-0.05, 0) is 25.3 Å². The van der Waals surface area contributed by atoms with Crippen molar-refractivity contribution in [3.05, 3.63) is 35.9 Å². The standard InChI is InChI=1S/C16H25NO2/c1-13(14-7-3-2-4-8-14)17-11-15(18)12-19-16-9-5-6-10-16/h2-4,7-8,13,15-18H,5-6,9-12H2,1H3. The highest BCUT2D eigenvalue weighted by atomic mass is 16.5. The van der Waals surface area contributed by atoms with E-state index >= 15 is 0 Å². The van der Waals surface area contributed by atoms with Crippen molar-refractivity contribution in [3.8, 4) is 0 Å². The van der Waals surface area contributed by atoms with E-state index in [0.29, 0.717) is 19.3 Å². The van der Waals surface area contributed by atoms with E-state index in [1.807, 2.05) is 18.2 Å². The molecule has 2 atom stereocenters. The second-order valence-corrected chi connectivity index (χ2v) is 5.43. The second kappa shape index (κ2) is 7.63. The van der Waals surface area contributed by atoms with E-state index in [9.17, 15) is 5.11 Å². The maximum atomic E-state index is 9.92. The lowest BCUT2D eigenvalue weighted by Crippen LogP contribution is -2.33. The highest BCUT2D eigenvalue weighted by Gasteiger charge is 2.17. The van der Waals surface area contributed by atoms with Gasteiger partial charge in [-0.3, -0.25) is 0 Å². The number of nitrogens with one attached hydrogen (secondary N) is 1. The van der Waals surface area contributed by atoms with Crippen molar-refractivity contribution in [2.24, 2.45) is 0 Å². The smallest absolute Gasteiger partial charge is 0.0898 e. The average Bonchev–Trinajstić information content (AvgIpc) is 2.96. The van der Waals surface area contributed by atoms with E-state index in [1.54, 1.807) is 0 Å². The first-order valence-electron chi connectivity index (χ1n) is 7.33. The van der Waals surface area contributed by atoms with Crippen LogP contribution in [0, 0.1) is 0 Å². The first-order valence-corrected chi connectivity index (χ1v) is 7.33. The van der Waals surface area contributed by atoms with Gasteiger partial charge in [0.15, 0.2) is 0 Å². The minimum Gasteiger partial charge on any atom is -0.389 e. The molecule has 2 unspecified atom stereocenters. The van der Waals surface area contributed by atoms with Crippen LogP contribution in [-0.4, -0.2) is 30.5 Å². The molecule has 0 amide bonds. The minimum absolute atomic E-state index is 0.252. The molecule has 1 saturated carbocycles. The van der Waals surface area contributed by atoms with Gasteiger partial charge < -0.3 is 15.2 Å². The molecular formula is C16H25NO2. The number of aliphatic hydroxyl groups is 1. The minimum atomic E-state index is -0.424. The summed E-state index contributed by atoms with van der Waals surface area (Å²) in [4.78, 5) is 0. The Kier molecular flexibility index (Phi) is 5.83. The summed E-state index contributed by atoms with van der Waals surface area (Å²) >= 11 is 0. The fraction of sp³-hybridized carbons (Fsp3) is 0.625. The third-order valence-corrected chi connectivity index (χ3v) is 3.79. The predicted octanol–water partition coefficient (Wildman–Crippen LogP) is 2.66. The molecule has 0 aromatic heterocycles. The second-order valence-electron chi connectivity index (χ2n) is 5.43. The van der Waals surface area contributed by atoms with Crippen molar-refractivity contribution in [1.29, 1.82) is 0 Å². The lowest BCUT2D eigenvalue weighted by Gasteiger charge is -2.19. The zero-order valence-corrected chi connectivity index (χ0v) is 11.7. The van der Waals surface area contributed by atoms with Crippen molar-refractivity contribution in [3.63, 3.8) is 0 Å². The van der Waals surface area contributed by atoms with E-state index in [2.05, 4.69) is 24.4 Å². The monoisotopic (exact) mass is 263 g/mol. The van der Waals surface area contributed by atoms with Crippen molar-refractivity contribution >= 4 is 0 Å². The van der Waals surface area contributed by atoms with E-state index < -0.39 is 6.10 Å². The van der Waals surface area contributed by atoms with Crippen LogP contribution in [0.1, 0.15) is 44.2 Å². The van der Waals surface area contributed by atoms with Crippen LogP contribution < -0.4 is 5.32 Å². The van der Waals surface area contributed by atoms with Crippen LogP contribution in [0.2, 0.25) is 0 Å². The Morgan fingerprint density at radius 1 is 1.26 bits per heavy atom. The molecule has 0 saturated heterocycles. The van der Waals surface area contributed by atoms with Gasteiger partial charge >= 0.3 is 0 Å². The third-order valence-electron chi connectivity index (χ3n) is 3.79. The summed E-state index contributed by atoms with van der Waals surface area (Å²) in [6.07, 6.45) is 4.79. The van der Waals surface area contributed by atoms with E-state index in [-0.39, 0.29) is 6.04 Å². The molecule has 0 radical (unpaired) electrons. The molecule has 0 spiro atoms. The van der Waals surface area contributed by atoms with Gasteiger partial charge in [-0.25, -0.2) is 0 Å². The lowest BCUT2D eigenvalue weighted by molar-refractivity contribution is -0.00610. The Bertz CT molecular complexity index is 349. The van der Waals surface area contributed by atoms with Crippen LogP contribution >= 0.6 is 0 Å². The van der Waals surface area contributed by atoms with Crippen molar-refractivity contribution in [1.82, 2.24) is 5.32 Å². The topological polar surface area (TPSA) is 41.5 Å². The summed E-state index contributed by atoms with van der Waals surface area (Å²) in [7, 11) is 0. The molecule has 1 aromatic carbocycles. The molecule has 3 nitrogen and oxygen atoms in total. The molecule has 1 aliphatic rings. The van der Waals surface area contributed by atoms with E-state index in [0.717, 1.165) is 12.8 Å². The maximum Gasteiger partial charge on any atom is 0.0898 e. The van der Waals surface area contributed by atoms with Gasteiger partial charge in [0.05, 0.1) is 18.8 Å².